The number of rotatable bonds is 4. The lowest BCUT2D eigenvalue weighted by Crippen LogP contribution is -2.37. The van der Waals surface area contributed by atoms with E-state index in [2.05, 4.69) is 25.8 Å². The van der Waals surface area contributed by atoms with E-state index >= 15 is 0 Å². The third-order valence-corrected chi connectivity index (χ3v) is 6.28. The predicted molar refractivity (Wildman–Crippen MR) is 114 cm³/mol. The summed E-state index contributed by atoms with van der Waals surface area (Å²) in [5, 5.41) is 13.7. The number of imidazole rings is 1. The summed E-state index contributed by atoms with van der Waals surface area (Å²) >= 11 is 2.25. The molecule has 0 spiro atoms. The van der Waals surface area contributed by atoms with Crippen molar-refractivity contribution in [3.63, 3.8) is 0 Å². The van der Waals surface area contributed by atoms with Crippen molar-refractivity contribution in [2.45, 2.75) is 9.50 Å². The number of anilines is 2. The van der Waals surface area contributed by atoms with Crippen LogP contribution in [-0.4, -0.2) is 34.9 Å². The van der Waals surface area contributed by atoms with Crippen LogP contribution in [0.25, 0.3) is 11.2 Å². The normalized spacial score (nSPS) is 11.1. The number of amides is 2. The first-order valence-corrected chi connectivity index (χ1v) is 10.3. The third-order valence-electron chi connectivity index (χ3n) is 4.34. The molecule has 0 saturated heterocycles. The number of aromatic nitrogens is 6. The van der Waals surface area contributed by atoms with Crippen molar-refractivity contribution in [3.8, 4) is 0 Å². The van der Waals surface area contributed by atoms with Crippen LogP contribution in [0.15, 0.2) is 43.4 Å². The number of carbonyl (C=O) groups is 1. The van der Waals surface area contributed by atoms with Gasteiger partial charge in [0.25, 0.3) is 5.56 Å². The fraction of sp³-hybridized carbons (Fsp3) is 0.176. The summed E-state index contributed by atoms with van der Waals surface area (Å²) in [6, 6.07) is 4.77. The fourth-order valence-electron chi connectivity index (χ4n) is 2.76. The Balaban J connectivity index is 1.53. The van der Waals surface area contributed by atoms with Crippen molar-refractivity contribution in [2.24, 2.45) is 21.1 Å². The van der Waals surface area contributed by atoms with Crippen molar-refractivity contribution < 1.29 is 9.18 Å². The van der Waals surface area contributed by atoms with Gasteiger partial charge < -0.3 is 9.88 Å². The predicted octanol–water partition coefficient (Wildman–Crippen LogP) is 1.76. The molecule has 0 aliphatic carbocycles. The number of urea groups is 1. The van der Waals surface area contributed by atoms with Gasteiger partial charge in [-0.25, -0.2) is 19.0 Å². The van der Waals surface area contributed by atoms with Crippen LogP contribution in [0.2, 0.25) is 0 Å². The van der Waals surface area contributed by atoms with Gasteiger partial charge in [-0.1, -0.05) is 11.3 Å². The van der Waals surface area contributed by atoms with Crippen molar-refractivity contribution in [3.05, 3.63) is 50.9 Å². The highest BCUT2D eigenvalue weighted by atomic mass is 32.2. The molecule has 4 rings (SSSR count). The molecule has 3 aromatic heterocycles. The van der Waals surface area contributed by atoms with Gasteiger partial charge in [-0.05, 0) is 36.0 Å². The Morgan fingerprint density at radius 2 is 1.74 bits per heavy atom. The number of nitrogens with one attached hydrogen (secondary N) is 2. The van der Waals surface area contributed by atoms with Crippen molar-refractivity contribution in [1.82, 2.24) is 28.9 Å². The van der Waals surface area contributed by atoms with Crippen molar-refractivity contribution in [2.75, 3.05) is 10.6 Å². The van der Waals surface area contributed by atoms with E-state index in [-0.39, 0.29) is 16.3 Å². The Labute approximate surface area is 181 Å². The molecular weight excluding hydrogens is 447 g/mol. The maximum absolute atomic E-state index is 12.9. The van der Waals surface area contributed by atoms with Crippen LogP contribution in [0.5, 0.6) is 0 Å². The largest absolute Gasteiger partial charge is 0.332 e. The van der Waals surface area contributed by atoms with Crippen LogP contribution in [0.4, 0.5) is 20.0 Å². The highest BCUT2D eigenvalue weighted by Gasteiger charge is 2.19. The average molecular weight is 462 g/mol. The van der Waals surface area contributed by atoms with E-state index in [1.807, 2.05) is 0 Å². The van der Waals surface area contributed by atoms with Gasteiger partial charge in [-0.2, -0.15) is 0 Å². The SMILES string of the molecule is Cn1c(=O)c2c(nc(Sc3nnc(NC(=O)Nc4ccc(F)cc4)s3)n2C)n(C)c1=O. The van der Waals surface area contributed by atoms with Crippen molar-refractivity contribution in [1.29, 1.82) is 0 Å². The Morgan fingerprint density at radius 3 is 2.45 bits per heavy atom. The number of nitrogens with zero attached hydrogens (tertiary/aromatic N) is 6. The molecule has 0 saturated carbocycles. The molecule has 4 aromatic rings. The Morgan fingerprint density at radius 1 is 1.03 bits per heavy atom. The first-order chi connectivity index (χ1) is 14.7. The first kappa shape index (κ1) is 20.7. The maximum Gasteiger partial charge on any atom is 0.332 e. The van der Waals surface area contributed by atoms with Gasteiger partial charge in [0.05, 0.1) is 0 Å². The van der Waals surface area contributed by atoms with Gasteiger partial charge in [0.2, 0.25) is 5.13 Å². The summed E-state index contributed by atoms with van der Waals surface area (Å²) in [4.78, 5) is 41.0. The van der Waals surface area contributed by atoms with E-state index in [0.29, 0.717) is 15.2 Å². The van der Waals surface area contributed by atoms with E-state index in [0.717, 1.165) is 27.7 Å². The molecule has 0 atom stereocenters. The van der Waals surface area contributed by atoms with Gasteiger partial charge in [-0.3, -0.25) is 19.2 Å². The summed E-state index contributed by atoms with van der Waals surface area (Å²) in [7, 11) is 4.61. The summed E-state index contributed by atoms with van der Waals surface area (Å²) in [6.07, 6.45) is 0. The maximum atomic E-state index is 12.9. The van der Waals surface area contributed by atoms with Gasteiger partial charge in [0.15, 0.2) is 20.7 Å². The second-order valence-corrected chi connectivity index (χ2v) is 8.58. The Bertz CT molecular complexity index is 1420. The summed E-state index contributed by atoms with van der Waals surface area (Å²) in [5.41, 5.74) is 0.0527. The van der Waals surface area contributed by atoms with Crippen LogP contribution >= 0.6 is 23.1 Å². The van der Waals surface area contributed by atoms with E-state index in [4.69, 9.17) is 0 Å². The lowest BCUT2D eigenvalue weighted by molar-refractivity contribution is 0.262. The first-order valence-electron chi connectivity index (χ1n) is 8.72. The zero-order valence-corrected chi connectivity index (χ0v) is 18.0. The van der Waals surface area contributed by atoms with E-state index < -0.39 is 23.1 Å². The minimum Gasteiger partial charge on any atom is -0.316 e. The zero-order valence-electron chi connectivity index (χ0n) is 16.4. The summed E-state index contributed by atoms with van der Waals surface area (Å²) in [6.45, 7) is 0. The second-order valence-electron chi connectivity index (χ2n) is 6.39. The van der Waals surface area contributed by atoms with Crippen molar-refractivity contribution >= 4 is 51.1 Å². The van der Waals surface area contributed by atoms with E-state index in [1.165, 1.54) is 42.9 Å². The molecule has 0 aliphatic rings. The minimum atomic E-state index is -0.555. The van der Waals surface area contributed by atoms with Crippen LogP contribution in [0.3, 0.4) is 0 Å². The molecule has 2 amide bonds. The van der Waals surface area contributed by atoms with Crippen LogP contribution in [0.1, 0.15) is 0 Å². The molecule has 0 radical (unpaired) electrons. The number of aryl methyl sites for hydroxylation is 2. The molecule has 3 heterocycles. The third kappa shape index (κ3) is 3.94. The molecule has 0 aliphatic heterocycles. The standard InChI is InChI=1S/C17H15FN8O3S2/c1-24-10-11(25(2)17(29)26(3)12(10)27)20-15(24)31-16-23-22-14(30-16)21-13(28)19-9-6-4-8(18)5-7-9/h4-7H,1-3H3,(H2,19,21,22,28). The van der Waals surface area contributed by atoms with Gasteiger partial charge in [0.1, 0.15) is 5.82 Å². The Hall–Kier alpha value is -3.52. The summed E-state index contributed by atoms with van der Waals surface area (Å²) in [5.74, 6) is -0.406. The zero-order chi connectivity index (χ0) is 22.3. The Kier molecular flexibility index (Phi) is 5.32. The van der Waals surface area contributed by atoms with Gasteiger partial charge in [0, 0.05) is 26.8 Å². The van der Waals surface area contributed by atoms with Gasteiger partial charge >= 0.3 is 11.7 Å². The van der Waals surface area contributed by atoms with Crippen LogP contribution in [-0.2, 0) is 21.1 Å². The monoisotopic (exact) mass is 462 g/mol. The molecule has 31 heavy (non-hydrogen) atoms. The molecule has 160 valence electrons. The topological polar surface area (TPSA) is 129 Å². The fourth-order valence-corrected chi connectivity index (χ4v) is 4.46. The highest BCUT2D eigenvalue weighted by Crippen LogP contribution is 2.32. The molecule has 11 nitrogen and oxygen atoms in total. The molecule has 0 fully saturated rings. The molecule has 0 unspecified atom stereocenters. The lowest BCUT2D eigenvalue weighted by Gasteiger charge is -2.04. The smallest absolute Gasteiger partial charge is 0.316 e. The average Bonchev–Trinajstić information content (AvgIpc) is 3.31. The number of hydrogen-bond acceptors (Lipinski definition) is 8. The molecule has 14 heteroatoms. The lowest BCUT2D eigenvalue weighted by atomic mass is 10.3. The highest BCUT2D eigenvalue weighted by molar-refractivity contribution is 8.01. The molecule has 2 N–H and O–H groups in total. The number of carbonyl (C=O) groups excluding carboxylic acids is 1. The second kappa shape index (κ2) is 7.96. The molecular formula is C17H15FN8O3S2. The van der Waals surface area contributed by atoms with Gasteiger partial charge in [-0.15, -0.1) is 10.2 Å². The molecule has 1 aromatic carbocycles. The summed E-state index contributed by atoms with van der Waals surface area (Å²) < 4.78 is 17.3. The quantitative estimate of drug-likeness (QED) is 0.442. The van der Waals surface area contributed by atoms with E-state index in [1.54, 1.807) is 11.6 Å². The van der Waals surface area contributed by atoms with E-state index in [9.17, 15) is 18.8 Å². The number of halogens is 1. The minimum absolute atomic E-state index is 0.240. The number of fused-ring (bicyclic) bond motifs is 1. The van der Waals surface area contributed by atoms with Crippen LogP contribution in [0, 0.1) is 5.82 Å². The van der Waals surface area contributed by atoms with Crippen LogP contribution < -0.4 is 21.9 Å². The number of hydrogen-bond donors (Lipinski definition) is 2. The number of benzene rings is 1. The molecule has 0 bridgehead atoms.